The standard InChI is InChI=1S/C14H28N2S/c1-11(2)14-9-15-13(12-5-6-12)10-16(14)7-4-8-17-3/h11-15H,4-10H2,1-3H3. The second kappa shape index (κ2) is 6.44. The van der Waals surface area contributed by atoms with Gasteiger partial charge in [0.15, 0.2) is 0 Å². The highest BCUT2D eigenvalue weighted by Crippen LogP contribution is 2.34. The van der Waals surface area contributed by atoms with Gasteiger partial charge in [0.2, 0.25) is 0 Å². The van der Waals surface area contributed by atoms with Crippen LogP contribution in [0.4, 0.5) is 0 Å². The Morgan fingerprint density at radius 1 is 1.35 bits per heavy atom. The number of hydrogen-bond acceptors (Lipinski definition) is 3. The second-order valence-electron chi connectivity index (χ2n) is 6.00. The van der Waals surface area contributed by atoms with E-state index in [9.17, 15) is 0 Å². The van der Waals surface area contributed by atoms with E-state index in [0.29, 0.717) is 0 Å². The third-order valence-corrected chi connectivity index (χ3v) is 4.94. The third kappa shape index (κ3) is 3.87. The molecule has 2 fully saturated rings. The Bertz CT molecular complexity index is 228. The molecule has 2 unspecified atom stereocenters. The maximum absolute atomic E-state index is 3.79. The first-order valence-electron chi connectivity index (χ1n) is 7.18. The average Bonchev–Trinajstić information content (AvgIpc) is 3.13. The lowest BCUT2D eigenvalue weighted by atomic mass is 9.97. The van der Waals surface area contributed by atoms with Gasteiger partial charge in [0.1, 0.15) is 0 Å². The number of thioether (sulfide) groups is 1. The van der Waals surface area contributed by atoms with Gasteiger partial charge >= 0.3 is 0 Å². The van der Waals surface area contributed by atoms with Crippen LogP contribution in [0.15, 0.2) is 0 Å². The molecule has 17 heavy (non-hydrogen) atoms. The van der Waals surface area contributed by atoms with Crippen molar-refractivity contribution in [1.82, 2.24) is 10.2 Å². The summed E-state index contributed by atoms with van der Waals surface area (Å²) in [5.74, 6) is 3.08. The molecule has 2 nitrogen and oxygen atoms in total. The van der Waals surface area contributed by atoms with Gasteiger partial charge in [-0.15, -0.1) is 0 Å². The van der Waals surface area contributed by atoms with Crippen molar-refractivity contribution in [2.24, 2.45) is 11.8 Å². The highest BCUT2D eigenvalue weighted by Gasteiger charge is 2.37. The van der Waals surface area contributed by atoms with Crippen LogP contribution in [0.5, 0.6) is 0 Å². The van der Waals surface area contributed by atoms with Crippen LogP contribution < -0.4 is 5.32 Å². The lowest BCUT2D eigenvalue weighted by molar-refractivity contribution is 0.0928. The molecule has 1 N–H and O–H groups in total. The molecular formula is C14H28N2S. The molecule has 1 aliphatic carbocycles. The first kappa shape index (κ1) is 13.7. The first-order valence-corrected chi connectivity index (χ1v) is 8.58. The lowest BCUT2D eigenvalue weighted by Crippen LogP contribution is -2.59. The fraction of sp³-hybridized carbons (Fsp3) is 1.00. The van der Waals surface area contributed by atoms with Crippen LogP contribution in [0.1, 0.15) is 33.1 Å². The number of hydrogen-bond donors (Lipinski definition) is 1. The zero-order valence-corrected chi connectivity index (χ0v) is 12.4. The summed E-state index contributed by atoms with van der Waals surface area (Å²) in [5, 5.41) is 3.79. The lowest BCUT2D eigenvalue weighted by Gasteiger charge is -2.42. The summed E-state index contributed by atoms with van der Waals surface area (Å²) in [6, 6.07) is 1.55. The van der Waals surface area contributed by atoms with Gasteiger partial charge in [-0.1, -0.05) is 13.8 Å². The summed E-state index contributed by atoms with van der Waals surface area (Å²) in [6.07, 6.45) is 6.48. The van der Waals surface area contributed by atoms with E-state index < -0.39 is 0 Å². The molecule has 2 atom stereocenters. The van der Waals surface area contributed by atoms with Gasteiger partial charge in [-0.2, -0.15) is 11.8 Å². The molecule has 2 aliphatic rings. The molecule has 0 amide bonds. The Hall–Kier alpha value is 0.270. The second-order valence-corrected chi connectivity index (χ2v) is 6.99. The molecule has 100 valence electrons. The van der Waals surface area contributed by atoms with Crippen molar-refractivity contribution in [2.75, 3.05) is 31.6 Å². The van der Waals surface area contributed by atoms with E-state index in [0.717, 1.165) is 23.9 Å². The summed E-state index contributed by atoms with van der Waals surface area (Å²) in [6.45, 7) is 8.53. The molecule has 0 aromatic rings. The zero-order valence-electron chi connectivity index (χ0n) is 11.6. The summed E-state index contributed by atoms with van der Waals surface area (Å²) < 4.78 is 0. The largest absolute Gasteiger partial charge is 0.311 e. The minimum absolute atomic E-state index is 0.756. The number of rotatable bonds is 6. The van der Waals surface area contributed by atoms with E-state index in [-0.39, 0.29) is 0 Å². The van der Waals surface area contributed by atoms with E-state index >= 15 is 0 Å². The number of piperazine rings is 1. The predicted octanol–water partition coefficient (Wildman–Crippen LogP) is 2.45. The van der Waals surface area contributed by atoms with Crippen molar-refractivity contribution in [3.8, 4) is 0 Å². The molecule has 0 radical (unpaired) electrons. The molecule has 1 saturated heterocycles. The van der Waals surface area contributed by atoms with Crippen LogP contribution in [0.3, 0.4) is 0 Å². The van der Waals surface area contributed by atoms with E-state index in [1.54, 1.807) is 0 Å². The SMILES string of the molecule is CSCCCN1CC(C2CC2)NCC1C(C)C. The monoisotopic (exact) mass is 256 g/mol. The highest BCUT2D eigenvalue weighted by molar-refractivity contribution is 7.98. The highest BCUT2D eigenvalue weighted by atomic mass is 32.2. The fourth-order valence-corrected chi connectivity index (χ4v) is 3.41. The number of nitrogens with one attached hydrogen (secondary N) is 1. The van der Waals surface area contributed by atoms with E-state index in [1.807, 2.05) is 11.8 Å². The van der Waals surface area contributed by atoms with Crippen LogP contribution >= 0.6 is 11.8 Å². The van der Waals surface area contributed by atoms with Crippen molar-refractivity contribution < 1.29 is 0 Å². The smallest absolute Gasteiger partial charge is 0.0244 e. The Morgan fingerprint density at radius 3 is 2.71 bits per heavy atom. The average molecular weight is 256 g/mol. The normalized spacial score (nSPS) is 31.1. The first-order chi connectivity index (χ1) is 8.22. The van der Waals surface area contributed by atoms with Gasteiger partial charge in [-0.25, -0.2) is 0 Å². The van der Waals surface area contributed by atoms with Crippen molar-refractivity contribution in [3.63, 3.8) is 0 Å². The fourth-order valence-electron chi connectivity index (χ4n) is 2.99. The molecule has 1 aliphatic heterocycles. The Balaban J connectivity index is 1.84. The molecule has 3 heteroatoms. The van der Waals surface area contributed by atoms with Gasteiger partial charge in [-0.05, 0) is 49.7 Å². The topological polar surface area (TPSA) is 15.3 Å². The van der Waals surface area contributed by atoms with Crippen molar-refractivity contribution >= 4 is 11.8 Å². The van der Waals surface area contributed by atoms with Gasteiger partial charge < -0.3 is 5.32 Å². The Kier molecular flexibility index (Phi) is 5.19. The van der Waals surface area contributed by atoms with Crippen LogP contribution in [0.25, 0.3) is 0 Å². The van der Waals surface area contributed by atoms with E-state index in [1.165, 1.54) is 44.6 Å². The molecule has 0 aromatic heterocycles. The van der Waals surface area contributed by atoms with Crippen LogP contribution in [-0.2, 0) is 0 Å². The van der Waals surface area contributed by atoms with Gasteiger partial charge in [0, 0.05) is 25.2 Å². The molecule has 1 heterocycles. The molecule has 2 rings (SSSR count). The third-order valence-electron chi connectivity index (χ3n) is 4.24. The molecule has 0 bridgehead atoms. The van der Waals surface area contributed by atoms with Crippen LogP contribution in [-0.4, -0.2) is 48.6 Å². The molecule has 1 saturated carbocycles. The van der Waals surface area contributed by atoms with E-state index in [4.69, 9.17) is 0 Å². The molecule has 0 aromatic carbocycles. The van der Waals surface area contributed by atoms with E-state index in [2.05, 4.69) is 30.3 Å². The number of nitrogens with zero attached hydrogens (tertiary/aromatic N) is 1. The van der Waals surface area contributed by atoms with Crippen molar-refractivity contribution in [1.29, 1.82) is 0 Å². The maximum Gasteiger partial charge on any atom is 0.0244 e. The Morgan fingerprint density at radius 2 is 2.12 bits per heavy atom. The summed E-state index contributed by atoms with van der Waals surface area (Å²) in [5.41, 5.74) is 0. The van der Waals surface area contributed by atoms with Gasteiger partial charge in [0.05, 0.1) is 0 Å². The minimum Gasteiger partial charge on any atom is -0.311 e. The summed E-state index contributed by atoms with van der Waals surface area (Å²) >= 11 is 1.98. The predicted molar refractivity (Wildman–Crippen MR) is 77.7 cm³/mol. The van der Waals surface area contributed by atoms with Crippen molar-refractivity contribution in [2.45, 2.75) is 45.2 Å². The summed E-state index contributed by atoms with van der Waals surface area (Å²) in [4.78, 5) is 2.76. The van der Waals surface area contributed by atoms with Crippen molar-refractivity contribution in [3.05, 3.63) is 0 Å². The molecule has 0 spiro atoms. The maximum atomic E-state index is 3.79. The summed E-state index contributed by atoms with van der Waals surface area (Å²) in [7, 11) is 0. The van der Waals surface area contributed by atoms with Crippen LogP contribution in [0.2, 0.25) is 0 Å². The molecular weight excluding hydrogens is 228 g/mol. The van der Waals surface area contributed by atoms with Gasteiger partial charge in [-0.3, -0.25) is 4.90 Å². The van der Waals surface area contributed by atoms with Gasteiger partial charge in [0.25, 0.3) is 0 Å². The minimum atomic E-state index is 0.756. The van der Waals surface area contributed by atoms with Crippen LogP contribution in [0, 0.1) is 11.8 Å². The zero-order chi connectivity index (χ0) is 12.3. The quantitative estimate of drug-likeness (QED) is 0.735. The Labute approximate surface area is 111 Å².